The molecule has 0 bridgehead atoms. The van der Waals surface area contributed by atoms with Gasteiger partial charge in [0.05, 0.1) is 11.6 Å². The Morgan fingerprint density at radius 3 is 2.64 bits per heavy atom. The van der Waals surface area contributed by atoms with Crippen LogP contribution in [0.4, 0.5) is 21.7 Å². The van der Waals surface area contributed by atoms with Gasteiger partial charge >= 0.3 is 0 Å². The van der Waals surface area contributed by atoms with Gasteiger partial charge in [0.15, 0.2) is 0 Å². The number of aryl methyl sites for hydroxylation is 1. The molecule has 1 aromatic heterocycles. The van der Waals surface area contributed by atoms with E-state index in [2.05, 4.69) is 26.7 Å². The molecule has 0 fully saturated rings. The Balaban J connectivity index is 1.76. The summed E-state index contributed by atoms with van der Waals surface area (Å²) >= 11 is 0. The fourth-order valence-corrected chi connectivity index (χ4v) is 2.36. The molecule has 0 aliphatic carbocycles. The van der Waals surface area contributed by atoms with Crippen molar-refractivity contribution in [3.63, 3.8) is 0 Å². The van der Waals surface area contributed by atoms with E-state index in [-0.39, 0.29) is 5.82 Å². The van der Waals surface area contributed by atoms with E-state index < -0.39 is 0 Å². The molecule has 2 aromatic carbocycles. The zero-order valence-corrected chi connectivity index (χ0v) is 13.6. The molecule has 0 aliphatic heterocycles. The summed E-state index contributed by atoms with van der Waals surface area (Å²) in [5.41, 5.74) is 1.89. The van der Waals surface area contributed by atoms with Gasteiger partial charge in [0.2, 0.25) is 0 Å². The number of nitriles is 1. The zero-order valence-electron chi connectivity index (χ0n) is 13.6. The summed E-state index contributed by atoms with van der Waals surface area (Å²) in [5.74, 6) is 1.51. The second-order valence-corrected chi connectivity index (χ2v) is 5.45. The third kappa shape index (κ3) is 4.30. The van der Waals surface area contributed by atoms with Gasteiger partial charge in [-0.15, -0.1) is 0 Å². The summed E-state index contributed by atoms with van der Waals surface area (Å²) in [6.45, 7) is 2.11. The van der Waals surface area contributed by atoms with Crippen LogP contribution in [0.25, 0.3) is 0 Å². The molecule has 0 saturated carbocycles. The lowest BCUT2D eigenvalue weighted by Gasteiger charge is -2.11. The Bertz CT molecular complexity index is 933. The highest BCUT2D eigenvalue weighted by Crippen LogP contribution is 2.19. The van der Waals surface area contributed by atoms with E-state index in [1.807, 2.05) is 6.07 Å². The van der Waals surface area contributed by atoms with Crippen LogP contribution in [0.3, 0.4) is 0 Å². The van der Waals surface area contributed by atoms with Gasteiger partial charge < -0.3 is 10.6 Å². The maximum atomic E-state index is 13.7. The second kappa shape index (κ2) is 7.41. The third-order valence-corrected chi connectivity index (χ3v) is 3.52. The highest BCUT2D eigenvalue weighted by molar-refractivity contribution is 5.61. The van der Waals surface area contributed by atoms with Gasteiger partial charge in [-0.3, -0.25) is 0 Å². The Labute approximate surface area is 145 Å². The van der Waals surface area contributed by atoms with Crippen molar-refractivity contribution in [2.75, 3.05) is 10.6 Å². The number of benzene rings is 2. The van der Waals surface area contributed by atoms with Crippen LogP contribution in [0.2, 0.25) is 0 Å². The van der Waals surface area contributed by atoms with Gasteiger partial charge in [-0.25, -0.2) is 14.4 Å². The molecule has 5 nitrogen and oxygen atoms in total. The van der Waals surface area contributed by atoms with Crippen LogP contribution in [-0.4, -0.2) is 9.97 Å². The Kier molecular flexibility index (Phi) is 4.86. The molecule has 3 aromatic rings. The largest absolute Gasteiger partial charge is 0.366 e. The van der Waals surface area contributed by atoms with Gasteiger partial charge in [-0.1, -0.05) is 24.3 Å². The van der Waals surface area contributed by atoms with Crippen molar-refractivity contribution in [1.29, 1.82) is 5.26 Å². The molecule has 0 amide bonds. The third-order valence-electron chi connectivity index (χ3n) is 3.52. The van der Waals surface area contributed by atoms with Crippen LogP contribution in [0, 0.1) is 24.1 Å². The molecule has 2 N–H and O–H groups in total. The van der Waals surface area contributed by atoms with Crippen LogP contribution < -0.4 is 10.6 Å². The predicted octanol–water partition coefficient (Wildman–Crippen LogP) is 4.15. The Hall–Kier alpha value is -3.46. The van der Waals surface area contributed by atoms with Crippen LogP contribution in [0.15, 0.2) is 54.6 Å². The first-order chi connectivity index (χ1) is 12.1. The molecule has 1 heterocycles. The fraction of sp³-hybridized carbons (Fsp3) is 0.105. The SMILES string of the molecule is Cc1nc(NCc2ccccc2F)cc(Nc2cccc(C#N)c2)n1. The summed E-state index contributed by atoms with van der Waals surface area (Å²) in [5, 5.41) is 15.2. The first-order valence-electron chi connectivity index (χ1n) is 7.74. The van der Waals surface area contributed by atoms with Gasteiger partial charge in [0.25, 0.3) is 0 Å². The van der Waals surface area contributed by atoms with E-state index in [0.29, 0.717) is 35.1 Å². The lowest BCUT2D eigenvalue weighted by Crippen LogP contribution is -2.06. The van der Waals surface area contributed by atoms with Gasteiger partial charge in [-0.2, -0.15) is 5.26 Å². The lowest BCUT2D eigenvalue weighted by molar-refractivity contribution is 0.613. The summed E-state index contributed by atoms with van der Waals surface area (Å²) in [7, 11) is 0. The van der Waals surface area contributed by atoms with Crippen molar-refractivity contribution in [2.24, 2.45) is 0 Å². The quantitative estimate of drug-likeness (QED) is 0.734. The average Bonchev–Trinajstić information content (AvgIpc) is 2.61. The predicted molar refractivity (Wildman–Crippen MR) is 94.9 cm³/mol. The Morgan fingerprint density at radius 1 is 1.04 bits per heavy atom. The number of nitrogens with zero attached hydrogens (tertiary/aromatic N) is 3. The minimum atomic E-state index is -0.257. The highest BCUT2D eigenvalue weighted by atomic mass is 19.1. The fourth-order valence-electron chi connectivity index (χ4n) is 2.36. The van der Waals surface area contributed by atoms with Gasteiger partial charge in [0, 0.05) is 23.9 Å². The molecular formula is C19H16FN5. The van der Waals surface area contributed by atoms with Crippen LogP contribution in [-0.2, 0) is 6.54 Å². The Morgan fingerprint density at radius 2 is 1.84 bits per heavy atom. The van der Waals surface area contributed by atoms with Crippen molar-refractivity contribution >= 4 is 17.3 Å². The molecule has 6 heteroatoms. The van der Waals surface area contributed by atoms with E-state index in [4.69, 9.17) is 5.26 Å². The van der Waals surface area contributed by atoms with Crippen LogP contribution in [0.5, 0.6) is 0 Å². The maximum absolute atomic E-state index is 13.7. The van der Waals surface area contributed by atoms with Gasteiger partial charge in [-0.05, 0) is 31.2 Å². The number of hydrogen-bond donors (Lipinski definition) is 2. The molecule has 25 heavy (non-hydrogen) atoms. The minimum absolute atomic E-state index is 0.257. The molecule has 124 valence electrons. The van der Waals surface area contributed by atoms with E-state index in [9.17, 15) is 4.39 Å². The molecule has 0 atom stereocenters. The number of rotatable bonds is 5. The minimum Gasteiger partial charge on any atom is -0.366 e. The van der Waals surface area contributed by atoms with Crippen molar-refractivity contribution in [2.45, 2.75) is 13.5 Å². The number of nitrogens with one attached hydrogen (secondary N) is 2. The van der Waals surface area contributed by atoms with E-state index in [1.54, 1.807) is 49.4 Å². The van der Waals surface area contributed by atoms with Crippen molar-refractivity contribution in [1.82, 2.24) is 9.97 Å². The summed E-state index contributed by atoms with van der Waals surface area (Å²) in [6.07, 6.45) is 0. The molecule has 0 aliphatic rings. The summed E-state index contributed by atoms with van der Waals surface area (Å²) < 4.78 is 13.7. The van der Waals surface area contributed by atoms with E-state index in [0.717, 1.165) is 5.69 Å². The second-order valence-electron chi connectivity index (χ2n) is 5.45. The average molecular weight is 333 g/mol. The first kappa shape index (κ1) is 16.4. The van der Waals surface area contributed by atoms with E-state index in [1.165, 1.54) is 6.07 Å². The topological polar surface area (TPSA) is 73.6 Å². The van der Waals surface area contributed by atoms with Crippen molar-refractivity contribution in [3.05, 3.63) is 77.4 Å². The molecular weight excluding hydrogens is 317 g/mol. The first-order valence-corrected chi connectivity index (χ1v) is 7.74. The number of hydrogen-bond acceptors (Lipinski definition) is 5. The van der Waals surface area contributed by atoms with E-state index >= 15 is 0 Å². The van der Waals surface area contributed by atoms with Crippen LogP contribution in [0.1, 0.15) is 17.0 Å². The monoisotopic (exact) mass is 333 g/mol. The number of anilines is 3. The van der Waals surface area contributed by atoms with Crippen LogP contribution >= 0.6 is 0 Å². The maximum Gasteiger partial charge on any atom is 0.136 e. The molecule has 0 unspecified atom stereocenters. The molecule has 0 saturated heterocycles. The summed E-state index contributed by atoms with van der Waals surface area (Å²) in [4.78, 5) is 8.65. The highest BCUT2D eigenvalue weighted by Gasteiger charge is 2.05. The smallest absolute Gasteiger partial charge is 0.136 e. The summed E-state index contributed by atoms with van der Waals surface area (Å²) in [6, 6.07) is 17.6. The van der Waals surface area contributed by atoms with Crippen molar-refractivity contribution < 1.29 is 4.39 Å². The molecule has 3 rings (SSSR count). The number of halogens is 1. The molecule has 0 radical (unpaired) electrons. The molecule has 0 spiro atoms. The van der Waals surface area contributed by atoms with Gasteiger partial charge in [0.1, 0.15) is 23.3 Å². The lowest BCUT2D eigenvalue weighted by atomic mass is 10.2. The normalized spacial score (nSPS) is 10.1. The number of aromatic nitrogens is 2. The standard InChI is InChI=1S/C19H16FN5/c1-13-23-18(22-12-15-6-2-3-8-17(15)20)10-19(24-13)25-16-7-4-5-14(9-16)11-21/h2-10H,12H2,1H3,(H2,22,23,24,25). The zero-order chi connectivity index (χ0) is 17.6. The van der Waals surface area contributed by atoms with Crippen molar-refractivity contribution in [3.8, 4) is 6.07 Å².